The summed E-state index contributed by atoms with van der Waals surface area (Å²) in [6, 6.07) is 9.05. The molecule has 29 heavy (non-hydrogen) atoms. The zero-order valence-corrected chi connectivity index (χ0v) is 19.3. The number of likely N-dealkylation sites (N-methyl/N-ethyl adjacent to an activating group) is 1. The minimum Gasteiger partial charge on any atom is -0.356 e. The van der Waals surface area contributed by atoms with E-state index in [2.05, 4.69) is 15.6 Å². The third-order valence-electron chi connectivity index (χ3n) is 3.82. The molecule has 160 valence electrons. The Morgan fingerprint density at radius 3 is 2.55 bits per heavy atom. The molecule has 0 spiro atoms. The maximum atomic E-state index is 12.9. The van der Waals surface area contributed by atoms with Gasteiger partial charge in [-0.1, -0.05) is 18.2 Å². The Kier molecular flexibility index (Phi) is 10.4. The van der Waals surface area contributed by atoms with Gasteiger partial charge in [-0.3, -0.25) is 4.79 Å². The molecule has 0 saturated heterocycles. The molecule has 2 N–H and O–H groups in total. The number of hydrogen-bond donors (Lipinski definition) is 2. The molecule has 0 unspecified atom stereocenters. The second kappa shape index (κ2) is 12.0. The number of halogens is 4. The number of rotatable bonds is 7. The smallest absolute Gasteiger partial charge is 0.356 e. The highest BCUT2D eigenvalue weighted by Crippen LogP contribution is 2.29. The average Bonchev–Trinajstić information content (AvgIpc) is 3.16. The SMILES string of the molecule is CN(C)C(=O)CNC(=NCc1cccc(C(F)(F)F)c1)NCCc1cccs1.I. The Morgan fingerprint density at radius 1 is 1.17 bits per heavy atom. The molecule has 0 aliphatic carbocycles. The minimum absolute atomic E-state index is 0. The van der Waals surface area contributed by atoms with Crippen molar-refractivity contribution in [3.63, 3.8) is 0 Å². The normalized spacial score (nSPS) is 11.6. The fraction of sp³-hybridized carbons (Fsp3) is 0.368. The fourth-order valence-electron chi connectivity index (χ4n) is 2.27. The van der Waals surface area contributed by atoms with E-state index in [1.165, 1.54) is 15.8 Å². The monoisotopic (exact) mass is 540 g/mol. The third kappa shape index (κ3) is 9.03. The molecule has 10 heteroatoms. The van der Waals surface area contributed by atoms with E-state index < -0.39 is 11.7 Å². The molecule has 1 heterocycles. The van der Waals surface area contributed by atoms with Gasteiger partial charge in [0, 0.05) is 25.5 Å². The Bertz CT molecular complexity index is 795. The van der Waals surface area contributed by atoms with E-state index in [1.54, 1.807) is 31.5 Å². The number of hydrogen-bond acceptors (Lipinski definition) is 3. The number of alkyl halides is 3. The maximum Gasteiger partial charge on any atom is 0.416 e. The van der Waals surface area contributed by atoms with E-state index in [0.717, 1.165) is 18.6 Å². The first-order valence-corrected chi connectivity index (χ1v) is 9.54. The van der Waals surface area contributed by atoms with Crippen molar-refractivity contribution in [1.82, 2.24) is 15.5 Å². The molecular formula is C19H24F3IN4OS. The molecule has 1 aromatic heterocycles. The first-order chi connectivity index (χ1) is 13.3. The lowest BCUT2D eigenvalue weighted by molar-refractivity contribution is -0.137. The number of carbonyl (C=O) groups excluding carboxylic acids is 1. The summed E-state index contributed by atoms with van der Waals surface area (Å²) >= 11 is 1.64. The lowest BCUT2D eigenvalue weighted by atomic mass is 10.1. The third-order valence-corrected chi connectivity index (χ3v) is 4.76. The molecule has 2 aromatic rings. The second-order valence-corrected chi connectivity index (χ2v) is 7.29. The summed E-state index contributed by atoms with van der Waals surface area (Å²) in [7, 11) is 3.29. The molecular weight excluding hydrogens is 516 g/mol. The number of guanidine groups is 1. The van der Waals surface area contributed by atoms with Gasteiger partial charge in [0.25, 0.3) is 0 Å². The summed E-state index contributed by atoms with van der Waals surface area (Å²) in [5.41, 5.74) is -0.267. The van der Waals surface area contributed by atoms with Gasteiger partial charge in [0.2, 0.25) is 5.91 Å². The number of benzene rings is 1. The van der Waals surface area contributed by atoms with Gasteiger partial charge in [0.05, 0.1) is 18.7 Å². The molecule has 0 bridgehead atoms. The van der Waals surface area contributed by atoms with Crippen molar-refractivity contribution < 1.29 is 18.0 Å². The van der Waals surface area contributed by atoms with Crippen LogP contribution < -0.4 is 10.6 Å². The van der Waals surface area contributed by atoms with Gasteiger partial charge in [-0.15, -0.1) is 35.3 Å². The van der Waals surface area contributed by atoms with Crippen LogP contribution in [0.4, 0.5) is 13.2 Å². The molecule has 0 fully saturated rings. The summed E-state index contributed by atoms with van der Waals surface area (Å²) < 4.78 is 38.6. The maximum absolute atomic E-state index is 12.9. The largest absolute Gasteiger partial charge is 0.416 e. The van der Waals surface area contributed by atoms with Gasteiger partial charge in [-0.2, -0.15) is 13.2 Å². The number of amides is 1. The molecule has 1 amide bonds. The van der Waals surface area contributed by atoms with Crippen LogP contribution in [0, 0.1) is 0 Å². The summed E-state index contributed by atoms with van der Waals surface area (Å²) in [4.78, 5) is 18.8. The van der Waals surface area contributed by atoms with Gasteiger partial charge >= 0.3 is 6.18 Å². The van der Waals surface area contributed by atoms with Gasteiger partial charge in [-0.25, -0.2) is 4.99 Å². The Labute approximate surface area is 189 Å². The molecule has 1 aromatic carbocycles. The molecule has 0 radical (unpaired) electrons. The van der Waals surface area contributed by atoms with E-state index in [4.69, 9.17) is 0 Å². The van der Waals surface area contributed by atoms with Crippen molar-refractivity contribution in [2.45, 2.75) is 19.1 Å². The Hall–Kier alpha value is -1.82. The van der Waals surface area contributed by atoms with E-state index >= 15 is 0 Å². The van der Waals surface area contributed by atoms with Crippen molar-refractivity contribution in [3.05, 3.63) is 57.8 Å². The van der Waals surface area contributed by atoms with E-state index in [0.29, 0.717) is 18.1 Å². The first-order valence-electron chi connectivity index (χ1n) is 8.66. The zero-order valence-electron chi connectivity index (χ0n) is 16.1. The van der Waals surface area contributed by atoms with Crippen LogP contribution in [0.25, 0.3) is 0 Å². The second-order valence-electron chi connectivity index (χ2n) is 6.26. The van der Waals surface area contributed by atoms with Gasteiger partial charge in [-0.05, 0) is 35.6 Å². The van der Waals surface area contributed by atoms with Crippen LogP contribution in [0.5, 0.6) is 0 Å². The van der Waals surface area contributed by atoms with E-state index in [1.807, 2.05) is 17.5 Å². The quantitative estimate of drug-likeness (QED) is 0.320. The highest BCUT2D eigenvalue weighted by atomic mass is 127. The van der Waals surface area contributed by atoms with Crippen LogP contribution in [0.15, 0.2) is 46.8 Å². The van der Waals surface area contributed by atoms with Crippen molar-refractivity contribution in [3.8, 4) is 0 Å². The Balaban J connectivity index is 0.00000420. The predicted octanol–water partition coefficient (Wildman–Crippen LogP) is 3.75. The van der Waals surface area contributed by atoms with Crippen LogP contribution >= 0.6 is 35.3 Å². The van der Waals surface area contributed by atoms with Crippen LogP contribution in [-0.4, -0.2) is 44.0 Å². The number of thiophene rings is 1. The predicted molar refractivity (Wildman–Crippen MR) is 121 cm³/mol. The molecule has 0 aliphatic rings. The van der Waals surface area contributed by atoms with E-state index in [9.17, 15) is 18.0 Å². The summed E-state index contributed by atoms with van der Waals surface area (Å²) in [5, 5.41) is 8.04. The first kappa shape index (κ1) is 25.2. The lowest BCUT2D eigenvalue weighted by Crippen LogP contribution is -2.43. The molecule has 0 aliphatic heterocycles. The van der Waals surface area contributed by atoms with Gasteiger partial charge in [0.15, 0.2) is 5.96 Å². The summed E-state index contributed by atoms with van der Waals surface area (Å²) in [6.07, 6.45) is -3.61. The summed E-state index contributed by atoms with van der Waals surface area (Å²) in [6.45, 7) is 0.694. The van der Waals surface area contributed by atoms with Crippen LogP contribution in [0.2, 0.25) is 0 Å². The van der Waals surface area contributed by atoms with Crippen molar-refractivity contribution in [2.75, 3.05) is 27.2 Å². The van der Waals surface area contributed by atoms with Crippen molar-refractivity contribution in [1.29, 1.82) is 0 Å². The van der Waals surface area contributed by atoms with Crippen molar-refractivity contribution in [2.24, 2.45) is 4.99 Å². The summed E-state index contributed by atoms with van der Waals surface area (Å²) in [5.74, 6) is 0.246. The number of nitrogens with one attached hydrogen (secondary N) is 2. The molecule has 2 rings (SSSR count). The van der Waals surface area contributed by atoms with Crippen LogP contribution in [0.1, 0.15) is 16.0 Å². The molecule has 0 saturated carbocycles. The number of carbonyl (C=O) groups is 1. The van der Waals surface area contributed by atoms with Gasteiger partial charge < -0.3 is 15.5 Å². The fourth-order valence-corrected chi connectivity index (χ4v) is 2.98. The zero-order chi connectivity index (χ0) is 20.6. The highest BCUT2D eigenvalue weighted by Gasteiger charge is 2.30. The lowest BCUT2D eigenvalue weighted by Gasteiger charge is -2.15. The highest BCUT2D eigenvalue weighted by molar-refractivity contribution is 14.0. The van der Waals surface area contributed by atoms with E-state index in [-0.39, 0.29) is 43.0 Å². The molecule has 5 nitrogen and oxygen atoms in total. The topological polar surface area (TPSA) is 56.7 Å². The Morgan fingerprint density at radius 2 is 1.93 bits per heavy atom. The molecule has 0 atom stereocenters. The van der Waals surface area contributed by atoms with Gasteiger partial charge in [0.1, 0.15) is 0 Å². The number of nitrogens with zero attached hydrogens (tertiary/aromatic N) is 2. The average molecular weight is 540 g/mol. The number of aliphatic imine (C=N–C) groups is 1. The van der Waals surface area contributed by atoms with Crippen molar-refractivity contribution >= 4 is 47.2 Å². The van der Waals surface area contributed by atoms with Crippen LogP contribution in [0.3, 0.4) is 0 Å². The van der Waals surface area contributed by atoms with Crippen LogP contribution in [-0.2, 0) is 23.9 Å². The standard InChI is InChI=1S/C19H23F3N4OS.HI/c1-26(2)17(27)13-25-18(23-9-8-16-7-4-10-28-16)24-12-14-5-3-6-15(11-14)19(20,21)22;/h3-7,10-11H,8-9,12-13H2,1-2H3,(H2,23,24,25);1H. The minimum atomic E-state index is -4.39.